The molecule has 3 nitrogen and oxygen atoms in total. The molecule has 1 N–H and O–H groups in total. The number of hydrogen-bond acceptors (Lipinski definition) is 4. The van der Waals surface area contributed by atoms with Crippen molar-refractivity contribution < 1.29 is 0 Å². The van der Waals surface area contributed by atoms with Gasteiger partial charge in [-0.3, -0.25) is 0 Å². The third-order valence-corrected chi connectivity index (χ3v) is 4.34. The van der Waals surface area contributed by atoms with Gasteiger partial charge in [-0.15, -0.1) is 11.3 Å². The molecule has 1 aliphatic rings. The Hall–Kier alpha value is -0.450. The van der Waals surface area contributed by atoms with Gasteiger partial charge < -0.3 is 10.2 Å². The first-order valence-corrected chi connectivity index (χ1v) is 7.05. The lowest BCUT2D eigenvalue weighted by molar-refractivity contribution is 0.308. The summed E-state index contributed by atoms with van der Waals surface area (Å²) < 4.78 is 0. The number of hydrogen-bond donors (Lipinski definition) is 1. The van der Waals surface area contributed by atoms with E-state index in [1.165, 1.54) is 15.6 Å². The molecule has 0 spiro atoms. The highest BCUT2D eigenvalue weighted by atomic mass is 32.1. The maximum absolute atomic E-state index is 4.74. The van der Waals surface area contributed by atoms with Crippen LogP contribution in [0.1, 0.15) is 29.4 Å². The molecule has 0 radical (unpaired) electrons. The topological polar surface area (TPSA) is 28.2 Å². The molecule has 0 amide bonds. The summed E-state index contributed by atoms with van der Waals surface area (Å²) in [5.41, 5.74) is 1.35. The fourth-order valence-electron chi connectivity index (χ4n) is 2.08. The highest BCUT2D eigenvalue weighted by Crippen LogP contribution is 2.21. The van der Waals surface area contributed by atoms with Gasteiger partial charge in [-0.2, -0.15) is 0 Å². The number of nitrogens with zero attached hydrogens (tertiary/aromatic N) is 2. The minimum absolute atomic E-state index is 1.03. The molecule has 2 heterocycles. The van der Waals surface area contributed by atoms with E-state index in [2.05, 4.69) is 24.1 Å². The Labute approximate surface area is 102 Å². The second kappa shape index (κ2) is 5.75. The van der Waals surface area contributed by atoms with Gasteiger partial charge in [-0.1, -0.05) is 13.8 Å². The molecular formula is C12H21N3S. The van der Waals surface area contributed by atoms with Crippen molar-refractivity contribution in [3.8, 4) is 0 Å². The number of thiazole rings is 1. The first-order chi connectivity index (χ1) is 7.83. The minimum Gasteiger partial charge on any atom is -0.311 e. The van der Waals surface area contributed by atoms with Crippen LogP contribution < -0.4 is 5.32 Å². The van der Waals surface area contributed by atoms with Crippen LogP contribution in [0, 0.1) is 0 Å². The summed E-state index contributed by atoms with van der Waals surface area (Å²) in [5, 5.41) is 4.72. The summed E-state index contributed by atoms with van der Waals surface area (Å²) >= 11 is 1.90. The van der Waals surface area contributed by atoms with Crippen molar-refractivity contribution in [3.05, 3.63) is 15.6 Å². The summed E-state index contributed by atoms with van der Waals surface area (Å²) in [4.78, 5) is 8.66. The Kier molecular flexibility index (Phi) is 4.32. The first-order valence-electron chi connectivity index (χ1n) is 6.24. The molecule has 1 aromatic heterocycles. The van der Waals surface area contributed by atoms with E-state index in [1.807, 2.05) is 11.3 Å². The second-order valence-electron chi connectivity index (χ2n) is 4.18. The minimum atomic E-state index is 1.03. The molecule has 0 aliphatic carbocycles. The lowest BCUT2D eigenvalue weighted by atomic mass is 10.2. The van der Waals surface area contributed by atoms with Gasteiger partial charge >= 0.3 is 0 Å². The number of likely N-dealkylation sites (N-methyl/N-ethyl adjacent to an activating group) is 1. The standard InChI is InChI=1S/C12H21N3S/c1-3-15(4-2)8-6-12-14-10-5-7-13-9-11(10)16-12/h13H,3-9H2,1-2H3. The van der Waals surface area contributed by atoms with E-state index in [0.29, 0.717) is 0 Å². The van der Waals surface area contributed by atoms with E-state index in [0.717, 1.165) is 45.6 Å². The Morgan fingerprint density at radius 1 is 1.38 bits per heavy atom. The summed E-state index contributed by atoms with van der Waals surface area (Å²) in [6.07, 6.45) is 2.22. The zero-order chi connectivity index (χ0) is 11.4. The molecule has 0 saturated heterocycles. The molecule has 0 saturated carbocycles. The van der Waals surface area contributed by atoms with Crippen LogP contribution in [0.2, 0.25) is 0 Å². The highest BCUT2D eigenvalue weighted by Gasteiger charge is 2.14. The van der Waals surface area contributed by atoms with E-state index in [1.54, 1.807) is 0 Å². The predicted molar refractivity (Wildman–Crippen MR) is 69.0 cm³/mol. The lowest BCUT2D eigenvalue weighted by Crippen LogP contribution is -2.25. The first kappa shape index (κ1) is 12.0. The van der Waals surface area contributed by atoms with Crippen molar-refractivity contribution in [1.82, 2.24) is 15.2 Å². The van der Waals surface area contributed by atoms with Gasteiger partial charge in [-0.05, 0) is 13.1 Å². The van der Waals surface area contributed by atoms with Gasteiger partial charge in [0.15, 0.2) is 0 Å². The normalized spacial score (nSPS) is 15.4. The van der Waals surface area contributed by atoms with Gasteiger partial charge in [0.1, 0.15) is 0 Å². The van der Waals surface area contributed by atoms with E-state index < -0.39 is 0 Å². The van der Waals surface area contributed by atoms with Crippen LogP contribution in [0.5, 0.6) is 0 Å². The number of rotatable bonds is 5. The maximum atomic E-state index is 4.74. The van der Waals surface area contributed by atoms with E-state index in [9.17, 15) is 0 Å². The van der Waals surface area contributed by atoms with E-state index >= 15 is 0 Å². The molecule has 1 aromatic rings. The van der Waals surface area contributed by atoms with Crippen LogP contribution in [0.25, 0.3) is 0 Å². The Morgan fingerprint density at radius 2 is 2.19 bits per heavy atom. The molecule has 4 heteroatoms. The van der Waals surface area contributed by atoms with E-state index in [-0.39, 0.29) is 0 Å². The third-order valence-electron chi connectivity index (χ3n) is 3.18. The van der Waals surface area contributed by atoms with Crippen molar-refractivity contribution in [2.45, 2.75) is 33.2 Å². The Morgan fingerprint density at radius 3 is 2.88 bits per heavy atom. The fraction of sp³-hybridized carbons (Fsp3) is 0.750. The van der Waals surface area contributed by atoms with Gasteiger partial charge in [0.05, 0.1) is 10.7 Å². The third kappa shape index (κ3) is 2.81. The molecule has 0 atom stereocenters. The van der Waals surface area contributed by atoms with Crippen LogP contribution in [-0.2, 0) is 19.4 Å². The summed E-state index contributed by atoms with van der Waals surface area (Å²) in [6, 6.07) is 0. The molecule has 16 heavy (non-hydrogen) atoms. The second-order valence-corrected chi connectivity index (χ2v) is 5.35. The number of nitrogens with one attached hydrogen (secondary N) is 1. The smallest absolute Gasteiger partial charge is 0.0944 e. The average Bonchev–Trinajstić information content (AvgIpc) is 2.73. The molecule has 0 fully saturated rings. The highest BCUT2D eigenvalue weighted by molar-refractivity contribution is 7.11. The summed E-state index contributed by atoms with van der Waals surface area (Å²) in [5.74, 6) is 0. The average molecular weight is 239 g/mol. The Bertz CT molecular complexity index is 308. The largest absolute Gasteiger partial charge is 0.311 e. The van der Waals surface area contributed by atoms with Gasteiger partial charge in [0, 0.05) is 37.4 Å². The monoisotopic (exact) mass is 239 g/mol. The molecule has 2 rings (SSSR count). The number of fused-ring (bicyclic) bond motifs is 1. The lowest BCUT2D eigenvalue weighted by Gasteiger charge is -2.16. The van der Waals surface area contributed by atoms with Crippen LogP contribution in [-0.4, -0.2) is 36.1 Å². The van der Waals surface area contributed by atoms with Crippen LogP contribution >= 0.6 is 11.3 Å². The predicted octanol–water partition coefficient (Wildman–Crippen LogP) is 1.67. The zero-order valence-electron chi connectivity index (χ0n) is 10.3. The zero-order valence-corrected chi connectivity index (χ0v) is 11.1. The van der Waals surface area contributed by atoms with Crippen molar-refractivity contribution >= 4 is 11.3 Å². The molecular weight excluding hydrogens is 218 g/mol. The van der Waals surface area contributed by atoms with Crippen molar-refractivity contribution in [1.29, 1.82) is 0 Å². The SMILES string of the molecule is CCN(CC)CCc1nc2c(s1)CNCC2. The summed E-state index contributed by atoms with van der Waals surface area (Å²) in [6.45, 7) is 9.99. The molecule has 90 valence electrons. The summed E-state index contributed by atoms with van der Waals surface area (Å²) in [7, 11) is 0. The van der Waals surface area contributed by atoms with Gasteiger partial charge in [0.2, 0.25) is 0 Å². The molecule has 0 bridgehead atoms. The van der Waals surface area contributed by atoms with Gasteiger partial charge in [0.25, 0.3) is 0 Å². The van der Waals surface area contributed by atoms with Crippen molar-refractivity contribution in [2.24, 2.45) is 0 Å². The van der Waals surface area contributed by atoms with Crippen molar-refractivity contribution in [2.75, 3.05) is 26.2 Å². The molecule has 1 aliphatic heterocycles. The van der Waals surface area contributed by atoms with Crippen LogP contribution in [0.4, 0.5) is 0 Å². The quantitative estimate of drug-likeness (QED) is 0.847. The Balaban J connectivity index is 1.92. The fourth-order valence-corrected chi connectivity index (χ4v) is 3.15. The van der Waals surface area contributed by atoms with Crippen LogP contribution in [0.3, 0.4) is 0 Å². The maximum Gasteiger partial charge on any atom is 0.0944 e. The van der Waals surface area contributed by atoms with Gasteiger partial charge in [-0.25, -0.2) is 4.98 Å². The van der Waals surface area contributed by atoms with Crippen LogP contribution in [0.15, 0.2) is 0 Å². The number of aromatic nitrogens is 1. The van der Waals surface area contributed by atoms with Crippen molar-refractivity contribution in [3.63, 3.8) is 0 Å². The molecule has 0 unspecified atom stereocenters. The molecule has 0 aromatic carbocycles. The van der Waals surface area contributed by atoms with E-state index in [4.69, 9.17) is 4.98 Å².